The molecule has 8 nitrogen and oxygen atoms in total. The van der Waals surface area contributed by atoms with Crippen molar-refractivity contribution < 1.29 is 14.3 Å². The normalized spacial score (nSPS) is 19.2. The Bertz CT molecular complexity index is 851. The molecule has 1 atom stereocenters. The second-order valence-electron chi connectivity index (χ2n) is 7.35. The third-order valence-corrected chi connectivity index (χ3v) is 5.47. The van der Waals surface area contributed by atoms with Crippen LogP contribution in [-0.4, -0.2) is 62.6 Å². The van der Waals surface area contributed by atoms with E-state index in [1.54, 1.807) is 11.8 Å². The molecule has 2 aromatic rings. The molecule has 4 rings (SSSR count). The van der Waals surface area contributed by atoms with E-state index in [1.807, 2.05) is 35.2 Å². The summed E-state index contributed by atoms with van der Waals surface area (Å²) >= 11 is 0. The largest absolute Gasteiger partial charge is 0.484 e. The summed E-state index contributed by atoms with van der Waals surface area (Å²) in [6, 6.07) is 9.33. The van der Waals surface area contributed by atoms with Gasteiger partial charge in [0.1, 0.15) is 11.6 Å². The number of hydrogen-bond donors (Lipinski definition) is 0. The van der Waals surface area contributed by atoms with Gasteiger partial charge in [0.25, 0.3) is 5.91 Å². The van der Waals surface area contributed by atoms with Crippen LogP contribution in [0.15, 0.2) is 30.3 Å². The molecule has 0 spiro atoms. The Labute approximate surface area is 164 Å². The molecule has 0 bridgehead atoms. The minimum atomic E-state index is -0.0555. The lowest BCUT2D eigenvalue weighted by Crippen LogP contribution is -2.42. The van der Waals surface area contributed by atoms with E-state index in [0.29, 0.717) is 31.9 Å². The summed E-state index contributed by atoms with van der Waals surface area (Å²) in [6.07, 6.45) is 1.99. The molecule has 8 heteroatoms. The number of rotatable bonds is 4. The molecule has 0 aliphatic carbocycles. The maximum atomic E-state index is 12.5. The lowest BCUT2D eigenvalue weighted by Gasteiger charge is -2.33. The van der Waals surface area contributed by atoms with E-state index in [0.717, 1.165) is 31.0 Å². The molecule has 28 heavy (non-hydrogen) atoms. The first-order valence-corrected chi connectivity index (χ1v) is 9.75. The Morgan fingerprint density at radius 1 is 1.11 bits per heavy atom. The standard InChI is InChI=1S/C20H25N5O3/c1-15(26)23-9-5-6-16(12-23)20-22-21-18-13-24(10-11-25(18)20)19(27)14-28-17-7-3-2-4-8-17/h2-4,7-8,16H,5-6,9-14H2,1H3/t16-/m0/s1. The monoisotopic (exact) mass is 383 g/mol. The number of hydrogen-bond acceptors (Lipinski definition) is 5. The first kappa shape index (κ1) is 18.5. The minimum Gasteiger partial charge on any atom is -0.484 e. The van der Waals surface area contributed by atoms with Crippen LogP contribution in [0.5, 0.6) is 5.75 Å². The first-order chi connectivity index (χ1) is 13.6. The number of carbonyl (C=O) groups excluding carboxylic acids is 2. The lowest BCUT2D eigenvalue weighted by molar-refractivity contribution is -0.135. The van der Waals surface area contributed by atoms with Gasteiger partial charge in [-0.05, 0) is 25.0 Å². The SMILES string of the molecule is CC(=O)N1CCC[C@H](c2nnc3n2CCN(C(=O)COc2ccccc2)C3)C1. The third kappa shape index (κ3) is 3.85. The molecule has 3 heterocycles. The van der Waals surface area contributed by atoms with Crippen molar-refractivity contribution in [2.75, 3.05) is 26.2 Å². The van der Waals surface area contributed by atoms with Crippen LogP contribution < -0.4 is 4.74 Å². The highest BCUT2D eigenvalue weighted by atomic mass is 16.5. The van der Waals surface area contributed by atoms with Gasteiger partial charge in [0.15, 0.2) is 12.4 Å². The van der Waals surface area contributed by atoms with Crippen molar-refractivity contribution in [1.82, 2.24) is 24.6 Å². The molecular formula is C20H25N5O3. The minimum absolute atomic E-state index is 0.0151. The molecule has 1 aromatic carbocycles. The fourth-order valence-electron chi connectivity index (χ4n) is 3.92. The number of piperidine rings is 1. The zero-order valence-corrected chi connectivity index (χ0v) is 16.1. The summed E-state index contributed by atoms with van der Waals surface area (Å²) in [5.41, 5.74) is 0. The smallest absolute Gasteiger partial charge is 0.260 e. The Kier molecular flexibility index (Phi) is 5.27. The fourth-order valence-corrected chi connectivity index (χ4v) is 3.92. The van der Waals surface area contributed by atoms with E-state index in [4.69, 9.17) is 4.74 Å². The molecule has 0 saturated carbocycles. The molecule has 2 aliphatic heterocycles. The van der Waals surface area contributed by atoms with Crippen molar-refractivity contribution in [2.45, 2.75) is 38.8 Å². The highest BCUT2D eigenvalue weighted by Crippen LogP contribution is 2.27. The van der Waals surface area contributed by atoms with Crippen LogP contribution in [0.1, 0.15) is 37.3 Å². The Morgan fingerprint density at radius 2 is 1.93 bits per heavy atom. The van der Waals surface area contributed by atoms with E-state index in [2.05, 4.69) is 14.8 Å². The average molecular weight is 383 g/mol. The van der Waals surface area contributed by atoms with Gasteiger partial charge in [-0.1, -0.05) is 18.2 Å². The fraction of sp³-hybridized carbons (Fsp3) is 0.500. The highest BCUT2D eigenvalue weighted by Gasteiger charge is 2.31. The maximum absolute atomic E-state index is 12.5. The van der Waals surface area contributed by atoms with Crippen molar-refractivity contribution in [1.29, 1.82) is 0 Å². The van der Waals surface area contributed by atoms with Crippen LogP contribution in [0.25, 0.3) is 0 Å². The van der Waals surface area contributed by atoms with Gasteiger partial charge in [0.2, 0.25) is 5.91 Å². The van der Waals surface area contributed by atoms with Crippen LogP contribution in [0, 0.1) is 0 Å². The van der Waals surface area contributed by atoms with Gasteiger partial charge in [-0.2, -0.15) is 0 Å². The molecule has 1 saturated heterocycles. The number of amides is 2. The quantitative estimate of drug-likeness (QED) is 0.798. The van der Waals surface area contributed by atoms with E-state index in [9.17, 15) is 9.59 Å². The van der Waals surface area contributed by atoms with Gasteiger partial charge in [0.05, 0.1) is 6.54 Å². The Balaban J connectivity index is 1.38. The molecule has 1 aromatic heterocycles. The third-order valence-electron chi connectivity index (χ3n) is 5.47. The van der Waals surface area contributed by atoms with Crippen LogP contribution in [-0.2, 0) is 22.7 Å². The predicted octanol–water partition coefficient (Wildman–Crippen LogP) is 1.43. The van der Waals surface area contributed by atoms with Crippen LogP contribution in [0.2, 0.25) is 0 Å². The number of nitrogens with zero attached hydrogens (tertiary/aromatic N) is 5. The topological polar surface area (TPSA) is 80.6 Å². The van der Waals surface area contributed by atoms with Gasteiger partial charge in [0, 0.05) is 39.0 Å². The van der Waals surface area contributed by atoms with Crippen molar-refractivity contribution in [3.8, 4) is 5.75 Å². The second kappa shape index (κ2) is 8.00. The summed E-state index contributed by atoms with van der Waals surface area (Å²) in [7, 11) is 0. The number of ether oxygens (including phenoxy) is 1. The molecule has 0 N–H and O–H groups in total. The first-order valence-electron chi connectivity index (χ1n) is 9.75. The van der Waals surface area contributed by atoms with Crippen molar-refractivity contribution in [3.05, 3.63) is 42.0 Å². The van der Waals surface area contributed by atoms with Crippen LogP contribution in [0.4, 0.5) is 0 Å². The van der Waals surface area contributed by atoms with E-state index < -0.39 is 0 Å². The number of likely N-dealkylation sites (tertiary alicyclic amines) is 1. The van der Waals surface area contributed by atoms with Crippen LogP contribution in [0.3, 0.4) is 0 Å². The van der Waals surface area contributed by atoms with E-state index in [-0.39, 0.29) is 24.3 Å². The van der Waals surface area contributed by atoms with E-state index in [1.165, 1.54) is 0 Å². The predicted molar refractivity (Wildman–Crippen MR) is 102 cm³/mol. The molecule has 0 radical (unpaired) electrons. The summed E-state index contributed by atoms with van der Waals surface area (Å²) in [4.78, 5) is 27.9. The van der Waals surface area contributed by atoms with Gasteiger partial charge < -0.3 is 19.1 Å². The lowest BCUT2D eigenvalue weighted by atomic mass is 9.97. The van der Waals surface area contributed by atoms with Crippen molar-refractivity contribution in [3.63, 3.8) is 0 Å². The molecular weight excluding hydrogens is 358 g/mol. The van der Waals surface area contributed by atoms with Crippen molar-refractivity contribution in [2.24, 2.45) is 0 Å². The molecule has 1 fully saturated rings. The van der Waals surface area contributed by atoms with Crippen molar-refractivity contribution >= 4 is 11.8 Å². The van der Waals surface area contributed by atoms with Gasteiger partial charge in [-0.15, -0.1) is 10.2 Å². The summed E-state index contributed by atoms with van der Waals surface area (Å²) in [5.74, 6) is 2.69. The number of fused-ring (bicyclic) bond motifs is 1. The maximum Gasteiger partial charge on any atom is 0.260 e. The zero-order chi connectivity index (χ0) is 19.5. The molecule has 0 unspecified atom stereocenters. The number of para-hydroxylation sites is 1. The van der Waals surface area contributed by atoms with Crippen LogP contribution >= 0.6 is 0 Å². The summed E-state index contributed by atoms with van der Waals surface area (Å²) < 4.78 is 7.69. The summed E-state index contributed by atoms with van der Waals surface area (Å²) in [5, 5.41) is 8.74. The zero-order valence-electron chi connectivity index (χ0n) is 16.1. The highest BCUT2D eigenvalue weighted by molar-refractivity contribution is 5.77. The van der Waals surface area contributed by atoms with Gasteiger partial charge in [-0.3, -0.25) is 9.59 Å². The number of carbonyl (C=O) groups is 2. The Morgan fingerprint density at radius 3 is 2.71 bits per heavy atom. The molecule has 2 aliphatic rings. The van der Waals surface area contributed by atoms with Gasteiger partial charge in [-0.25, -0.2) is 0 Å². The molecule has 2 amide bonds. The Hall–Kier alpha value is -2.90. The number of aromatic nitrogens is 3. The van der Waals surface area contributed by atoms with E-state index >= 15 is 0 Å². The molecule has 148 valence electrons. The number of benzene rings is 1. The second-order valence-corrected chi connectivity index (χ2v) is 7.35. The average Bonchev–Trinajstić information content (AvgIpc) is 3.16. The van der Waals surface area contributed by atoms with Gasteiger partial charge >= 0.3 is 0 Å². The summed E-state index contributed by atoms with van der Waals surface area (Å²) in [6.45, 7) is 4.86.